The maximum Gasteiger partial charge on any atom is 0.324 e. The van der Waals surface area contributed by atoms with Gasteiger partial charge in [0, 0.05) is 19.1 Å². The Labute approximate surface area is 122 Å². The van der Waals surface area contributed by atoms with E-state index in [2.05, 4.69) is 15.1 Å². The third-order valence-corrected chi connectivity index (χ3v) is 4.37. The zero-order valence-electron chi connectivity index (χ0n) is 12.9. The van der Waals surface area contributed by atoms with E-state index < -0.39 is 0 Å². The smallest absolute Gasteiger partial charge is 0.324 e. The second-order valence-electron chi connectivity index (χ2n) is 5.81. The van der Waals surface area contributed by atoms with Gasteiger partial charge in [-0.05, 0) is 52.4 Å². The van der Waals surface area contributed by atoms with E-state index in [1.807, 2.05) is 13.8 Å². The molecule has 2 saturated heterocycles. The van der Waals surface area contributed by atoms with Crippen molar-refractivity contribution in [1.29, 1.82) is 0 Å². The Morgan fingerprint density at radius 2 is 2.05 bits per heavy atom. The molecule has 2 aliphatic rings. The van der Waals surface area contributed by atoms with E-state index in [1.54, 1.807) is 0 Å². The van der Waals surface area contributed by atoms with E-state index >= 15 is 0 Å². The van der Waals surface area contributed by atoms with Gasteiger partial charge < -0.3 is 10.1 Å². The highest BCUT2D eigenvalue weighted by Crippen LogP contribution is 2.20. The molecule has 0 aromatic carbocycles. The summed E-state index contributed by atoms with van der Waals surface area (Å²) in [6, 6.07) is 0.513. The Hall–Kier alpha value is -0.650. The number of nitrogens with one attached hydrogen (secondary N) is 1. The number of carbonyl (C=O) groups is 1. The SMILES string of the molecule is CCNC(CN1CCC(N2CCCC2)C1)C(=O)OCC. The number of hydrogen-bond donors (Lipinski definition) is 1. The Kier molecular flexibility index (Phi) is 6.26. The first-order valence-electron chi connectivity index (χ1n) is 8.11. The molecular formula is C15H29N3O2. The van der Waals surface area contributed by atoms with Crippen LogP contribution in [-0.4, -0.2) is 73.7 Å². The van der Waals surface area contributed by atoms with Gasteiger partial charge in [0.25, 0.3) is 0 Å². The maximum absolute atomic E-state index is 11.9. The highest BCUT2D eigenvalue weighted by molar-refractivity contribution is 5.76. The van der Waals surface area contributed by atoms with Crippen molar-refractivity contribution in [2.75, 3.05) is 45.9 Å². The van der Waals surface area contributed by atoms with Crippen LogP contribution in [0.4, 0.5) is 0 Å². The van der Waals surface area contributed by atoms with Gasteiger partial charge in [-0.25, -0.2) is 0 Å². The Bertz CT molecular complexity index is 305. The number of nitrogens with zero attached hydrogens (tertiary/aromatic N) is 2. The number of carbonyl (C=O) groups excluding carboxylic acids is 1. The predicted molar refractivity (Wildman–Crippen MR) is 79.7 cm³/mol. The standard InChI is InChI=1S/C15H29N3O2/c1-3-16-14(15(19)20-4-2)12-17-10-7-13(11-17)18-8-5-6-9-18/h13-14,16H,3-12H2,1-2H3. The van der Waals surface area contributed by atoms with Crippen LogP contribution in [0, 0.1) is 0 Å². The summed E-state index contributed by atoms with van der Waals surface area (Å²) in [7, 11) is 0. The predicted octanol–water partition coefficient (Wildman–Crippen LogP) is 0.698. The molecule has 116 valence electrons. The topological polar surface area (TPSA) is 44.8 Å². The summed E-state index contributed by atoms with van der Waals surface area (Å²) in [5.74, 6) is -0.112. The van der Waals surface area contributed by atoms with Crippen molar-refractivity contribution in [1.82, 2.24) is 15.1 Å². The van der Waals surface area contributed by atoms with Crippen LogP contribution in [0.3, 0.4) is 0 Å². The number of likely N-dealkylation sites (N-methyl/N-ethyl adjacent to an activating group) is 1. The molecule has 1 N–H and O–H groups in total. The lowest BCUT2D eigenvalue weighted by atomic mass is 10.2. The minimum absolute atomic E-state index is 0.112. The molecule has 2 heterocycles. The van der Waals surface area contributed by atoms with Crippen molar-refractivity contribution in [2.24, 2.45) is 0 Å². The first-order valence-corrected chi connectivity index (χ1v) is 8.11. The molecule has 2 unspecified atom stereocenters. The summed E-state index contributed by atoms with van der Waals surface area (Å²) in [5.41, 5.74) is 0. The summed E-state index contributed by atoms with van der Waals surface area (Å²) in [4.78, 5) is 17.0. The minimum Gasteiger partial charge on any atom is -0.465 e. The van der Waals surface area contributed by atoms with E-state index in [-0.39, 0.29) is 12.0 Å². The molecule has 5 nitrogen and oxygen atoms in total. The van der Waals surface area contributed by atoms with Crippen LogP contribution in [-0.2, 0) is 9.53 Å². The highest BCUT2D eigenvalue weighted by atomic mass is 16.5. The maximum atomic E-state index is 11.9. The van der Waals surface area contributed by atoms with Gasteiger partial charge in [0.05, 0.1) is 6.61 Å². The van der Waals surface area contributed by atoms with Gasteiger partial charge in [0.1, 0.15) is 6.04 Å². The summed E-state index contributed by atoms with van der Waals surface area (Å²) in [5, 5.41) is 3.25. The molecule has 0 bridgehead atoms. The van der Waals surface area contributed by atoms with Crippen molar-refractivity contribution in [2.45, 2.75) is 45.2 Å². The average molecular weight is 283 g/mol. The molecule has 0 aliphatic carbocycles. The summed E-state index contributed by atoms with van der Waals surface area (Å²) >= 11 is 0. The van der Waals surface area contributed by atoms with Gasteiger partial charge in [-0.1, -0.05) is 6.92 Å². The van der Waals surface area contributed by atoms with Crippen LogP contribution < -0.4 is 5.32 Å². The fourth-order valence-electron chi connectivity index (χ4n) is 3.35. The van der Waals surface area contributed by atoms with Crippen LogP contribution in [0.2, 0.25) is 0 Å². The van der Waals surface area contributed by atoms with Crippen LogP contribution in [0.25, 0.3) is 0 Å². The van der Waals surface area contributed by atoms with Crippen molar-refractivity contribution < 1.29 is 9.53 Å². The van der Waals surface area contributed by atoms with Crippen LogP contribution in [0.5, 0.6) is 0 Å². The molecule has 20 heavy (non-hydrogen) atoms. The van der Waals surface area contributed by atoms with Crippen molar-refractivity contribution in [3.63, 3.8) is 0 Å². The molecule has 2 atom stereocenters. The Balaban J connectivity index is 1.80. The van der Waals surface area contributed by atoms with E-state index in [9.17, 15) is 4.79 Å². The number of rotatable bonds is 7. The number of likely N-dealkylation sites (tertiary alicyclic amines) is 2. The number of esters is 1. The monoisotopic (exact) mass is 283 g/mol. The van der Waals surface area contributed by atoms with Gasteiger partial charge >= 0.3 is 5.97 Å². The minimum atomic E-state index is -0.183. The zero-order valence-corrected chi connectivity index (χ0v) is 12.9. The molecule has 2 fully saturated rings. The van der Waals surface area contributed by atoms with E-state index in [1.165, 1.54) is 32.4 Å². The molecule has 0 aromatic heterocycles. The van der Waals surface area contributed by atoms with Crippen LogP contribution in [0.1, 0.15) is 33.1 Å². The Morgan fingerprint density at radius 3 is 2.70 bits per heavy atom. The number of hydrogen-bond acceptors (Lipinski definition) is 5. The first-order chi connectivity index (χ1) is 9.74. The second-order valence-corrected chi connectivity index (χ2v) is 5.81. The lowest BCUT2D eigenvalue weighted by Crippen LogP contribution is -2.47. The lowest BCUT2D eigenvalue weighted by Gasteiger charge is -2.25. The first kappa shape index (κ1) is 15.7. The fourth-order valence-corrected chi connectivity index (χ4v) is 3.35. The fraction of sp³-hybridized carbons (Fsp3) is 0.933. The summed E-state index contributed by atoms with van der Waals surface area (Å²) in [6.07, 6.45) is 3.93. The summed E-state index contributed by atoms with van der Waals surface area (Å²) in [6.45, 7) is 10.6. The quantitative estimate of drug-likeness (QED) is 0.697. The molecular weight excluding hydrogens is 254 g/mol. The van der Waals surface area contributed by atoms with Crippen molar-refractivity contribution in [3.05, 3.63) is 0 Å². The molecule has 2 rings (SSSR count). The third kappa shape index (κ3) is 4.17. The van der Waals surface area contributed by atoms with E-state index in [4.69, 9.17) is 4.74 Å². The Morgan fingerprint density at radius 1 is 1.30 bits per heavy atom. The van der Waals surface area contributed by atoms with Crippen molar-refractivity contribution in [3.8, 4) is 0 Å². The lowest BCUT2D eigenvalue weighted by molar-refractivity contribution is -0.146. The molecule has 0 radical (unpaired) electrons. The van der Waals surface area contributed by atoms with Crippen molar-refractivity contribution >= 4 is 5.97 Å². The molecule has 0 aromatic rings. The molecule has 2 aliphatic heterocycles. The second kappa shape index (κ2) is 7.96. The van der Waals surface area contributed by atoms with E-state index in [0.717, 1.165) is 26.2 Å². The summed E-state index contributed by atoms with van der Waals surface area (Å²) < 4.78 is 5.15. The third-order valence-electron chi connectivity index (χ3n) is 4.37. The molecule has 5 heteroatoms. The van der Waals surface area contributed by atoms with E-state index in [0.29, 0.717) is 12.6 Å². The van der Waals surface area contributed by atoms with Crippen LogP contribution in [0.15, 0.2) is 0 Å². The number of ether oxygens (including phenoxy) is 1. The van der Waals surface area contributed by atoms with Gasteiger partial charge in [-0.15, -0.1) is 0 Å². The molecule has 0 amide bonds. The van der Waals surface area contributed by atoms with Crippen LogP contribution >= 0.6 is 0 Å². The van der Waals surface area contributed by atoms with Gasteiger partial charge in [-0.3, -0.25) is 14.6 Å². The zero-order chi connectivity index (χ0) is 14.4. The van der Waals surface area contributed by atoms with Gasteiger partial charge in [-0.2, -0.15) is 0 Å². The highest BCUT2D eigenvalue weighted by Gasteiger charge is 2.31. The average Bonchev–Trinajstić information content (AvgIpc) is 3.09. The van der Waals surface area contributed by atoms with Gasteiger partial charge in [0.2, 0.25) is 0 Å². The van der Waals surface area contributed by atoms with Gasteiger partial charge in [0.15, 0.2) is 0 Å². The molecule has 0 saturated carbocycles. The normalized spacial score (nSPS) is 26.0. The largest absolute Gasteiger partial charge is 0.465 e. The molecule has 0 spiro atoms.